The molecular weight excluding hydrogens is 480 g/mol. The average molecular weight is 529 g/mol. The Hall–Kier alpha value is -2.80. The lowest BCUT2D eigenvalue weighted by Crippen LogP contribution is -2.36. The molecule has 38 heavy (non-hydrogen) atoms. The molecule has 0 aromatic heterocycles. The molecule has 3 unspecified atom stereocenters. The summed E-state index contributed by atoms with van der Waals surface area (Å²) in [6, 6.07) is 4.12. The topological polar surface area (TPSA) is 77.1 Å². The Bertz CT molecular complexity index is 1060. The monoisotopic (exact) mass is 528 g/mol. The van der Waals surface area contributed by atoms with E-state index in [4.69, 9.17) is 14.2 Å². The first kappa shape index (κ1) is 31.4. The first-order chi connectivity index (χ1) is 18.1. The molecule has 0 bridgehead atoms. The summed E-state index contributed by atoms with van der Waals surface area (Å²) in [7, 11) is 3.22. The van der Waals surface area contributed by atoms with E-state index in [1.165, 1.54) is 0 Å². The highest BCUT2D eigenvalue weighted by Gasteiger charge is 2.25. The van der Waals surface area contributed by atoms with E-state index in [9.17, 15) is 9.59 Å². The standard InChI is InChI=1S/C31H48N2O5/c1-9-23(19-28(34)38-31(5,6)11-3)18-24(10-2)20-33-21-27-25(13-12-22(33)4)14-15-26(29(27)37-8)30(35)32-16-17-36-7/h11,13-15,21-24H,3,9-10,12,16-20H2,1-2,4-8H3,(H,32,35). The fourth-order valence-corrected chi connectivity index (χ4v) is 4.79. The third kappa shape index (κ3) is 8.90. The van der Waals surface area contributed by atoms with Crippen LogP contribution in [0.1, 0.15) is 77.1 Å². The van der Waals surface area contributed by atoms with Gasteiger partial charge in [0.1, 0.15) is 11.4 Å². The van der Waals surface area contributed by atoms with Crippen LogP contribution in [-0.2, 0) is 14.3 Å². The number of carbonyl (C=O) groups is 2. The predicted molar refractivity (Wildman–Crippen MR) is 153 cm³/mol. The summed E-state index contributed by atoms with van der Waals surface area (Å²) in [5.41, 5.74) is -0.140. The molecule has 1 N–H and O–H groups in total. The Kier molecular flexibility index (Phi) is 12.4. The number of nitrogens with one attached hydrogen (secondary N) is 1. The number of esters is 1. The van der Waals surface area contributed by atoms with Crippen molar-refractivity contribution in [1.82, 2.24) is 10.2 Å². The molecule has 1 aliphatic heterocycles. The first-order valence-corrected chi connectivity index (χ1v) is 13.9. The quantitative estimate of drug-likeness (QED) is 0.211. The number of ether oxygens (including phenoxy) is 3. The summed E-state index contributed by atoms with van der Waals surface area (Å²) in [6.07, 6.45) is 10.2. The Balaban J connectivity index is 2.27. The van der Waals surface area contributed by atoms with Crippen molar-refractivity contribution in [2.45, 2.75) is 78.4 Å². The summed E-state index contributed by atoms with van der Waals surface area (Å²) in [5, 5.41) is 4.89. The van der Waals surface area contributed by atoms with E-state index >= 15 is 0 Å². The minimum Gasteiger partial charge on any atom is -0.495 e. The van der Waals surface area contributed by atoms with Gasteiger partial charge in [-0.1, -0.05) is 45.4 Å². The molecule has 7 nitrogen and oxygen atoms in total. The van der Waals surface area contributed by atoms with Crippen molar-refractivity contribution in [3.63, 3.8) is 0 Å². The molecule has 0 radical (unpaired) electrons. The second-order valence-corrected chi connectivity index (χ2v) is 10.8. The second kappa shape index (κ2) is 15.0. The Morgan fingerprint density at radius 1 is 1.21 bits per heavy atom. The van der Waals surface area contributed by atoms with Gasteiger partial charge in [0.25, 0.3) is 5.91 Å². The van der Waals surface area contributed by atoms with Crippen LogP contribution in [0.25, 0.3) is 12.3 Å². The van der Waals surface area contributed by atoms with E-state index in [1.807, 2.05) is 26.0 Å². The fourth-order valence-electron chi connectivity index (χ4n) is 4.79. The third-order valence-electron chi connectivity index (χ3n) is 7.42. The van der Waals surface area contributed by atoms with Crippen molar-refractivity contribution in [2.75, 3.05) is 33.9 Å². The van der Waals surface area contributed by atoms with Gasteiger partial charge in [-0.05, 0) is 62.8 Å². The lowest BCUT2D eigenvalue weighted by atomic mass is 9.88. The zero-order valence-corrected chi connectivity index (χ0v) is 24.5. The smallest absolute Gasteiger partial charge is 0.306 e. The summed E-state index contributed by atoms with van der Waals surface area (Å²) in [5.74, 6) is 0.899. The number of amides is 1. The summed E-state index contributed by atoms with van der Waals surface area (Å²) >= 11 is 0. The van der Waals surface area contributed by atoms with Crippen LogP contribution in [0.2, 0.25) is 0 Å². The van der Waals surface area contributed by atoms with E-state index in [0.29, 0.717) is 42.8 Å². The third-order valence-corrected chi connectivity index (χ3v) is 7.42. The highest BCUT2D eigenvalue weighted by molar-refractivity contribution is 5.97. The molecule has 7 heteroatoms. The summed E-state index contributed by atoms with van der Waals surface area (Å²) in [4.78, 5) is 27.8. The molecule has 0 spiro atoms. The minimum atomic E-state index is -0.654. The SMILES string of the molecule is C=CC(C)(C)OC(=O)CC(CC)CC(CC)CN1C=c2c(OC)c(C(=O)NCCOC)ccc2=CCC1C. The number of rotatable bonds is 15. The fraction of sp³-hybridized carbons (Fsp3) is 0.613. The van der Waals surface area contributed by atoms with Crippen LogP contribution < -0.4 is 20.5 Å². The van der Waals surface area contributed by atoms with Crippen molar-refractivity contribution in [3.05, 3.63) is 40.8 Å². The molecule has 0 aliphatic carbocycles. The van der Waals surface area contributed by atoms with Crippen molar-refractivity contribution in [3.8, 4) is 5.75 Å². The maximum atomic E-state index is 12.9. The van der Waals surface area contributed by atoms with Gasteiger partial charge in [-0.2, -0.15) is 0 Å². The predicted octanol–water partition coefficient (Wildman–Crippen LogP) is 4.02. The average Bonchev–Trinajstić information content (AvgIpc) is 3.05. The second-order valence-electron chi connectivity index (χ2n) is 10.8. The zero-order valence-electron chi connectivity index (χ0n) is 24.5. The van der Waals surface area contributed by atoms with Gasteiger partial charge in [-0.25, -0.2) is 0 Å². The molecule has 0 fully saturated rings. The van der Waals surface area contributed by atoms with E-state index in [-0.39, 0.29) is 17.8 Å². The van der Waals surface area contributed by atoms with Crippen molar-refractivity contribution in [1.29, 1.82) is 0 Å². The first-order valence-electron chi connectivity index (χ1n) is 13.9. The van der Waals surface area contributed by atoms with Gasteiger partial charge in [-0.15, -0.1) is 0 Å². The molecule has 1 aromatic carbocycles. The number of nitrogens with zero attached hydrogens (tertiary/aromatic N) is 1. The van der Waals surface area contributed by atoms with Crippen LogP contribution in [0, 0.1) is 11.8 Å². The van der Waals surface area contributed by atoms with Crippen LogP contribution in [0.3, 0.4) is 0 Å². The molecule has 1 aliphatic rings. The summed E-state index contributed by atoms with van der Waals surface area (Å²) in [6.45, 7) is 15.8. The lowest BCUT2D eigenvalue weighted by Gasteiger charge is -2.32. The van der Waals surface area contributed by atoms with Crippen LogP contribution >= 0.6 is 0 Å². The maximum absolute atomic E-state index is 12.9. The van der Waals surface area contributed by atoms with Gasteiger partial charge < -0.3 is 24.4 Å². The molecule has 0 saturated carbocycles. The highest BCUT2D eigenvalue weighted by Crippen LogP contribution is 2.26. The molecule has 3 atom stereocenters. The van der Waals surface area contributed by atoms with E-state index in [2.05, 4.69) is 49.8 Å². The van der Waals surface area contributed by atoms with Gasteiger partial charge in [0.15, 0.2) is 0 Å². The number of benzene rings is 1. The maximum Gasteiger partial charge on any atom is 0.306 e. The van der Waals surface area contributed by atoms with Gasteiger partial charge in [0.2, 0.25) is 0 Å². The Labute approximate surface area is 228 Å². The highest BCUT2D eigenvalue weighted by atomic mass is 16.6. The van der Waals surface area contributed by atoms with Crippen LogP contribution in [0.5, 0.6) is 5.75 Å². The molecule has 1 amide bonds. The molecule has 1 aromatic rings. The molecule has 2 rings (SSSR count). The number of hydrogen-bond donors (Lipinski definition) is 1. The van der Waals surface area contributed by atoms with E-state index in [1.54, 1.807) is 20.3 Å². The van der Waals surface area contributed by atoms with Crippen molar-refractivity contribution >= 4 is 24.2 Å². The van der Waals surface area contributed by atoms with Crippen LogP contribution in [0.15, 0.2) is 24.8 Å². The number of carbonyl (C=O) groups excluding carboxylic acids is 2. The van der Waals surface area contributed by atoms with Gasteiger partial charge in [0, 0.05) is 44.1 Å². The van der Waals surface area contributed by atoms with Gasteiger partial charge in [0.05, 0.1) is 19.3 Å². The zero-order chi connectivity index (χ0) is 28.3. The largest absolute Gasteiger partial charge is 0.495 e. The number of methoxy groups -OCH3 is 2. The van der Waals surface area contributed by atoms with E-state index in [0.717, 1.165) is 42.7 Å². The van der Waals surface area contributed by atoms with Crippen molar-refractivity contribution in [2.24, 2.45) is 11.8 Å². The van der Waals surface area contributed by atoms with Crippen molar-refractivity contribution < 1.29 is 23.8 Å². The Morgan fingerprint density at radius 3 is 2.53 bits per heavy atom. The minimum absolute atomic E-state index is 0.170. The molecule has 1 heterocycles. The van der Waals surface area contributed by atoms with Crippen LogP contribution in [-0.4, -0.2) is 62.3 Å². The molecule has 212 valence electrons. The Morgan fingerprint density at radius 2 is 1.92 bits per heavy atom. The lowest BCUT2D eigenvalue weighted by molar-refractivity contribution is -0.153. The molecule has 0 saturated heterocycles. The number of hydrogen-bond acceptors (Lipinski definition) is 6. The van der Waals surface area contributed by atoms with Crippen LogP contribution in [0.4, 0.5) is 0 Å². The number of fused-ring (bicyclic) bond motifs is 1. The van der Waals surface area contributed by atoms with E-state index < -0.39 is 5.60 Å². The van der Waals surface area contributed by atoms with Gasteiger partial charge >= 0.3 is 5.97 Å². The normalized spacial score (nSPS) is 16.7. The van der Waals surface area contributed by atoms with Gasteiger partial charge in [-0.3, -0.25) is 9.59 Å². The summed E-state index contributed by atoms with van der Waals surface area (Å²) < 4.78 is 16.5. The molecular formula is C31H48N2O5.